The van der Waals surface area contributed by atoms with Crippen molar-refractivity contribution in [1.29, 1.82) is 0 Å². The second-order valence-electron chi connectivity index (χ2n) is 3.95. The number of aliphatic hydroxyl groups is 1. The number of carbonyl (C=O) groups excluding carboxylic acids is 2. The molecule has 1 heterocycles. The second-order valence-corrected chi connectivity index (χ2v) is 4.79. The molecular weight excluding hydrogens is 310 g/mol. The standard InChI is InChI=1S/C12H9Cl2FN2O3/c13-6-3-7(14)11(8(15)4-6)16-9-5-10(19)17(1-2-18)12(9)20/h3-5,16,18H,1-2H2. The average Bonchev–Trinajstić information content (AvgIpc) is 2.62. The molecule has 0 radical (unpaired) electrons. The lowest BCUT2D eigenvalue weighted by Gasteiger charge is -2.14. The molecule has 1 aliphatic heterocycles. The lowest BCUT2D eigenvalue weighted by molar-refractivity contribution is -0.137. The third-order valence-electron chi connectivity index (χ3n) is 2.60. The molecule has 20 heavy (non-hydrogen) atoms. The van der Waals surface area contributed by atoms with E-state index in [4.69, 9.17) is 28.3 Å². The van der Waals surface area contributed by atoms with Gasteiger partial charge >= 0.3 is 0 Å². The van der Waals surface area contributed by atoms with Gasteiger partial charge in [0.25, 0.3) is 11.8 Å². The molecule has 106 valence electrons. The summed E-state index contributed by atoms with van der Waals surface area (Å²) in [5, 5.41) is 11.3. The van der Waals surface area contributed by atoms with E-state index in [2.05, 4.69) is 5.32 Å². The maximum atomic E-state index is 13.7. The molecule has 0 atom stereocenters. The highest BCUT2D eigenvalue weighted by Gasteiger charge is 2.31. The number of nitrogens with one attached hydrogen (secondary N) is 1. The minimum Gasteiger partial charge on any atom is -0.395 e. The molecule has 0 aromatic heterocycles. The minimum atomic E-state index is -0.746. The van der Waals surface area contributed by atoms with Gasteiger partial charge < -0.3 is 10.4 Å². The molecule has 0 spiro atoms. The Morgan fingerprint density at radius 3 is 2.60 bits per heavy atom. The molecule has 2 amide bonds. The Kier molecular flexibility index (Phi) is 4.27. The van der Waals surface area contributed by atoms with Crippen LogP contribution in [-0.4, -0.2) is 35.0 Å². The predicted molar refractivity (Wildman–Crippen MR) is 71.9 cm³/mol. The molecule has 2 N–H and O–H groups in total. The Balaban J connectivity index is 2.26. The van der Waals surface area contributed by atoms with Crippen LogP contribution in [0.4, 0.5) is 10.1 Å². The molecular formula is C12H9Cl2FN2O3. The number of halogens is 3. The Hall–Kier alpha value is -1.63. The van der Waals surface area contributed by atoms with Gasteiger partial charge in [0, 0.05) is 11.1 Å². The van der Waals surface area contributed by atoms with Crippen LogP contribution in [0.15, 0.2) is 23.9 Å². The van der Waals surface area contributed by atoms with Crippen molar-refractivity contribution >= 4 is 40.7 Å². The summed E-state index contributed by atoms with van der Waals surface area (Å²) < 4.78 is 13.7. The normalized spacial score (nSPS) is 14.8. The molecule has 1 aromatic carbocycles. The van der Waals surface area contributed by atoms with Crippen LogP contribution < -0.4 is 5.32 Å². The van der Waals surface area contributed by atoms with Gasteiger partial charge in [-0.15, -0.1) is 0 Å². The summed E-state index contributed by atoms with van der Waals surface area (Å²) in [4.78, 5) is 24.2. The van der Waals surface area contributed by atoms with Gasteiger partial charge in [0.05, 0.1) is 23.9 Å². The number of hydrogen-bond donors (Lipinski definition) is 2. The summed E-state index contributed by atoms with van der Waals surface area (Å²) in [6.45, 7) is -0.481. The van der Waals surface area contributed by atoms with E-state index in [1.165, 1.54) is 6.07 Å². The smallest absolute Gasteiger partial charge is 0.277 e. The van der Waals surface area contributed by atoms with Crippen LogP contribution in [0.5, 0.6) is 0 Å². The highest BCUT2D eigenvalue weighted by atomic mass is 35.5. The fourth-order valence-electron chi connectivity index (χ4n) is 1.71. The monoisotopic (exact) mass is 318 g/mol. The highest BCUT2D eigenvalue weighted by molar-refractivity contribution is 6.36. The summed E-state index contributed by atoms with van der Waals surface area (Å²) in [6.07, 6.45) is 1.02. The van der Waals surface area contributed by atoms with Crippen molar-refractivity contribution in [2.75, 3.05) is 18.5 Å². The van der Waals surface area contributed by atoms with Gasteiger partial charge in [-0.25, -0.2) is 4.39 Å². The molecule has 2 rings (SSSR count). The van der Waals surface area contributed by atoms with Crippen LogP contribution in [0.3, 0.4) is 0 Å². The maximum absolute atomic E-state index is 13.7. The predicted octanol–water partition coefficient (Wildman–Crippen LogP) is 1.79. The van der Waals surface area contributed by atoms with Crippen LogP contribution in [0.2, 0.25) is 10.0 Å². The van der Waals surface area contributed by atoms with Crippen molar-refractivity contribution < 1.29 is 19.1 Å². The first-order chi connectivity index (χ1) is 9.43. The number of β-amino-alcohol motifs (C(OH)–C–C–N with tert-alkyl or cyclic N) is 1. The van der Waals surface area contributed by atoms with E-state index in [9.17, 15) is 14.0 Å². The molecule has 0 aliphatic carbocycles. The number of aliphatic hydroxyl groups excluding tert-OH is 1. The van der Waals surface area contributed by atoms with Crippen LogP contribution in [0, 0.1) is 5.82 Å². The molecule has 0 bridgehead atoms. The number of benzene rings is 1. The molecule has 5 nitrogen and oxygen atoms in total. The van der Waals surface area contributed by atoms with E-state index in [0.717, 1.165) is 17.0 Å². The number of nitrogens with zero attached hydrogens (tertiary/aromatic N) is 1. The van der Waals surface area contributed by atoms with Crippen molar-refractivity contribution in [2.45, 2.75) is 0 Å². The average molecular weight is 319 g/mol. The van der Waals surface area contributed by atoms with Crippen LogP contribution in [0.1, 0.15) is 0 Å². The van der Waals surface area contributed by atoms with E-state index in [-0.39, 0.29) is 34.6 Å². The number of amides is 2. The van der Waals surface area contributed by atoms with E-state index >= 15 is 0 Å². The fourth-order valence-corrected chi connectivity index (χ4v) is 2.22. The molecule has 1 aromatic rings. The summed E-state index contributed by atoms with van der Waals surface area (Å²) in [7, 11) is 0. The Morgan fingerprint density at radius 1 is 1.30 bits per heavy atom. The first-order valence-corrected chi connectivity index (χ1v) is 6.29. The van der Waals surface area contributed by atoms with Crippen molar-refractivity contribution in [3.8, 4) is 0 Å². The fraction of sp³-hybridized carbons (Fsp3) is 0.167. The largest absolute Gasteiger partial charge is 0.395 e. The van der Waals surface area contributed by atoms with Crippen LogP contribution in [-0.2, 0) is 9.59 Å². The molecule has 8 heteroatoms. The van der Waals surface area contributed by atoms with E-state index in [1.54, 1.807) is 0 Å². The second kappa shape index (κ2) is 5.78. The number of rotatable bonds is 4. The van der Waals surface area contributed by atoms with Crippen molar-refractivity contribution in [2.24, 2.45) is 0 Å². The molecule has 0 fully saturated rings. The lowest BCUT2D eigenvalue weighted by atomic mass is 10.3. The van der Waals surface area contributed by atoms with Crippen molar-refractivity contribution in [3.63, 3.8) is 0 Å². The Morgan fingerprint density at radius 2 is 2.00 bits per heavy atom. The van der Waals surface area contributed by atoms with Gasteiger partial charge in [-0.1, -0.05) is 23.2 Å². The van der Waals surface area contributed by atoms with Gasteiger partial charge in [-0.2, -0.15) is 0 Å². The topological polar surface area (TPSA) is 69.6 Å². The minimum absolute atomic E-state index is 0.0169. The van der Waals surface area contributed by atoms with E-state index in [1.807, 2.05) is 0 Å². The van der Waals surface area contributed by atoms with Gasteiger partial charge in [0.15, 0.2) is 0 Å². The van der Waals surface area contributed by atoms with Gasteiger partial charge in [0.2, 0.25) is 0 Å². The van der Waals surface area contributed by atoms with Crippen LogP contribution >= 0.6 is 23.2 Å². The van der Waals surface area contributed by atoms with Crippen molar-refractivity contribution in [3.05, 3.63) is 39.8 Å². The first kappa shape index (κ1) is 14.8. The zero-order valence-corrected chi connectivity index (χ0v) is 11.5. The Bertz CT molecular complexity index is 596. The SMILES string of the molecule is O=C1C=C(Nc2c(F)cc(Cl)cc2Cl)C(=O)N1CCO. The molecule has 0 saturated carbocycles. The van der Waals surface area contributed by atoms with E-state index < -0.39 is 17.6 Å². The summed E-state index contributed by atoms with van der Waals surface area (Å²) in [5.74, 6) is -1.99. The zero-order chi connectivity index (χ0) is 14.9. The number of anilines is 1. The summed E-state index contributed by atoms with van der Waals surface area (Å²) >= 11 is 11.5. The Labute approximate surface area is 123 Å². The number of carbonyl (C=O) groups is 2. The quantitative estimate of drug-likeness (QED) is 0.830. The summed E-state index contributed by atoms with van der Waals surface area (Å²) in [5.41, 5.74) is -0.263. The highest BCUT2D eigenvalue weighted by Crippen LogP contribution is 2.30. The number of imide groups is 1. The molecule has 0 unspecified atom stereocenters. The van der Waals surface area contributed by atoms with Crippen molar-refractivity contribution in [1.82, 2.24) is 4.90 Å². The van der Waals surface area contributed by atoms with E-state index in [0.29, 0.717) is 0 Å². The van der Waals surface area contributed by atoms with Gasteiger partial charge in [-0.3, -0.25) is 14.5 Å². The molecule has 1 aliphatic rings. The summed E-state index contributed by atoms with van der Waals surface area (Å²) in [6, 6.07) is 2.34. The number of hydrogen-bond acceptors (Lipinski definition) is 4. The van der Waals surface area contributed by atoms with Gasteiger partial charge in [-0.05, 0) is 12.1 Å². The lowest BCUT2D eigenvalue weighted by Crippen LogP contribution is -2.34. The maximum Gasteiger partial charge on any atom is 0.277 e. The third-order valence-corrected chi connectivity index (χ3v) is 3.12. The first-order valence-electron chi connectivity index (χ1n) is 5.54. The van der Waals surface area contributed by atoms with Crippen LogP contribution in [0.25, 0.3) is 0 Å². The van der Waals surface area contributed by atoms with Gasteiger partial charge in [0.1, 0.15) is 11.5 Å². The third kappa shape index (κ3) is 2.77. The molecule has 0 saturated heterocycles. The zero-order valence-electron chi connectivity index (χ0n) is 9.99.